The number of nitrogens with zero attached hydrogens (tertiary/aromatic N) is 1. The Balaban J connectivity index is 4.19. The third kappa shape index (κ3) is 2.48. The maximum absolute atomic E-state index is 10.3. The molecule has 0 rings (SSSR count). The molecule has 0 radical (unpaired) electrons. The number of nitrogens with two attached hydrogens (primary N) is 2. The van der Waals surface area contributed by atoms with Gasteiger partial charge in [-0.05, 0) is 12.3 Å². The number of rotatable bonds is 2. The Hall–Kier alpha value is -1.32. The summed E-state index contributed by atoms with van der Waals surface area (Å²) < 4.78 is 0. The summed E-state index contributed by atoms with van der Waals surface area (Å²) in [7, 11) is 1.47. The minimum absolute atomic E-state index is 0.178. The van der Waals surface area contributed by atoms with Crippen LogP contribution in [0.15, 0.2) is 17.3 Å². The van der Waals surface area contributed by atoms with Gasteiger partial charge < -0.3 is 11.5 Å². The average Bonchev–Trinajstić information content (AvgIpc) is 1.82. The lowest BCUT2D eigenvalue weighted by atomic mass is 10.3. The Labute approximate surface area is 53.2 Å². The number of hydrogen-bond donors (Lipinski definition) is 2. The summed E-state index contributed by atoms with van der Waals surface area (Å²) in [6.45, 7) is 0. The zero-order valence-electron chi connectivity index (χ0n) is 5.16. The highest BCUT2D eigenvalue weighted by Crippen LogP contribution is 1.75. The van der Waals surface area contributed by atoms with Crippen molar-refractivity contribution in [3.63, 3.8) is 0 Å². The minimum atomic E-state index is -0.570. The van der Waals surface area contributed by atoms with Crippen LogP contribution < -0.4 is 11.5 Å². The van der Waals surface area contributed by atoms with Crippen molar-refractivity contribution in [2.75, 3.05) is 7.05 Å². The molecule has 0 unspecified atom stereocenters. The largest absolute Gasteiger partial charge is 0.405 e. The van der Waals surface area contributed by atoms with E-state index in [1.165, 1.54) is 19.3 Å². The van der Waals surface area contributed by atoms with Crippen LogP contribution in [0.3, 0.4) is 0 Å². The van der Waals surface area contributed by atoms with Gasteiger partial charge in [-0.25, -0.2) is 0 Å². The Morgan fingerprint density at radius 3 is 2.33 bits per heavy atom. The summed E-state index contributed by atoms with van der Waals surface area (Å²) in [5.74, 6) is -0.570. The predicted octanol–water partition coefficient (Wildman–Crippen LogP) is -0.985. The van der Waals surface area contributed by atoms with Gasteiger partial charge in [-0.3, -0.25) is 9.79 Å². The summed E-state index contributed by atoms with van der Waals surface area (Å²) >= 11 is 0. The van der Waals surface area contributed by atoms with Crippen molar-refractivity contribution in [3.05, 3.63) is 12.3 Å². The predicted molar refractivity (Wildman–Crippen MR) is 35.9 cm³/mol. The molecule has 0 aliphatic carbocycles. The molecule has 50 valence electrons. The molecule has 0 heterocycles. The summed E-state index contributed by atoms with van der Waals surface area (Å²) in [4.78, 5) is 13.9. The number of carbonyl (C=O) groups is 1. The van der Waals surface area contributed by atoms with E-state index >= 15 is 0 Å². The van der Waals surface area contributed by atoms with Crippen molar-refractivity contribution in [1.29, 1.82) is 0 Å². The SMILES string of the molecule is CN=C(/C=C\N)C(N)=O. The van der Waals surface area contributed by atoms with Gasteiger partial charge in [0.05, 0.1) is 0 Å². The van der Waals surface area contributed by atoms with E-state index in [0.29, 0.717) is 0 Å². The first-order chi connectivity index (χ1) is 4.22. The number of aliphatic imine (C=N–C) groups is 1. The summed E-state index contributed by atoms with van der Waals surface area (Å²) in [6, 6.07) is 0. The highest BCUT2D eigenvalue weighted by molar-refractivity contribution is 6.42. The fourth-order valence-electron chi connectivity index (χ4n) is 0.358. The Morgan fingerprint density at radius 1 is 1.67 bits per heavy atom. The first-order valence-corrected chi connectivity index (χ1v) is 2.37. The van der Waals surface area contributed by atoms with Crippen molar-refractivity contribution in [1.82, 2.24) is 0 Å². The number of carbonyl (C=O) groups excluding carboxylic acids is 1. The van der Waals surface area contributed by atoms with Crippen LogP contribution in [0.25, 0.3) is 0 Å². The molecule has 9 heavy (non-hydrogen) atoms. The highest BCUT2D eigenvalue weighted by atomic mass is 16.1. The smallest absolute Gasteiger partial charge is 0.266 e. The van der Waals surface area contributed by atoms with Gasteiger partial charge in [0.25, 0.3) is 5.91 Å². The van der Waals surface area contributed by atoms with Gasteiger partial charge in [-0.2, -0.15) is 0 Å². The van der Waals surface area contributed by atoms with E-state index in [2.05, 4.69) is 4.99 Å². The van der Waals surface area contributed by atoms with E-state index in [1.54, 1.807) is 0 Å². The van der Waals surface area contributed by atoms with Gasteiger partial charge in [0, 0.05) is 7.05 Å². The molecule has 0 saturated heterocycles. The molecule has 1 amide bonds. The molecule has 0 aliphatic rings. The average molecular weight is 127 g/mol. The van der Waals surface area contributed by atoms with Crippen molar-refractivity contribution in [2.24, 2.45) is 16.5 Å². The molecule has 0 saturated carbocycles. The lowest BCUT2D eigenvalue weighted by Crippen LogP contribution is -2.21. The first-order valence-electron chi connectivity index (χ1n) is 2.37. The first kappa shape index (κ1) is 7.68. The summed E-state index contributed by atoms with van der Waals surface area (Å²) in [6.07, 6.45) is 2.56. The third-order valence-corrected chi connectivity index (χ3v) is 0.747. The molecule has 0 aromatic rings. The maximum Gasteiger partial charge on any atom is 0.266 e. The quantitative estimate of drug-likeness (QED) is 0.467. The van der Waals surface area contributed by atoms with Crippen LogP contribution in [-0.2, 0) is 4.79 Å². The Morgan fingerprint density at radius 2 is 2.22 bits per heavy atom. The highest BCUT2D eigenvalue weighted by Gasteiger charge is 1.97. The second-order valence-electron chi connectivity index (χ2n) is 1.33. The standard InChI is InChI=1S/C5H9N3O/c1-8-4(2-3-6)5(7)9/h2-3H,6H2,1H3,(H2,7,9)/b3-2-,8-4?. The lowest BCUT2D eigenvalue weighted by Gasteiger charge is -1.88. The van der Waals surface area contributed by atoms with E-state index in [0.717, 1.165) is 0 Å². The van der Waals surface area contributed by atoms with Crippen LogP contribution in [0.2, 0.25) is 0 Å². The molecular weight excluding hydrogens is 118 g/mol. The van der Waals surface area contributed by atoms with Crippen LogP contribution in [0.4, 0.5) is 0 Å². The van der Waals surface area contributed by atoms with Crippen molar-refractivity contribution in [3.8, 4) is 0 Å². The number of primary amides is 1. The maximum atomic E-state index is 10.3. The molecule has 0 aliphatic heterocycles. The van der Waals surface area contributed by atoms with Gasteiger partial charge in [-0.15, -0.1) is 0 Å². The fraction of sp³-hybridized carbons (Fsp3) is 0.200. The Kier molecular flexibility index (Phi) is 3.12. The third-order valence-electron chi connectivity index (χ3n) is 0.747. The molecule has 0 spiro atoms. The number of hydrogen-bond acceptors (Lipinski definition) is 3. The van der Waals surface area contributed by atoms with E-state index in [9.17, 15) is 4.79 Å². The summed E-state index contributed by atoms with van der Waals surface area (Å²) in [5, 5.41) is 0. The molecule has 0 bridgehead atoms. The normalized spacial score (nSPS) is 12.3. The molecule has 0 aromatic heterocycles. The van der Waals surface area contributed by atoms with E-state index in [-0.39, 0.29) is 5.71 Å². The van der Waals surface area contributed by atoms with Gasteiger partial charge in [-0.1, -0.05) is 0 Å². The molecular formula is C5H9N3O. The topological polar surface area (TPSA) is 81.5 Å². The van der Waals surface area contributed by atoms with Crippen molar-refractivity contribution in [2.45, 2.75) is 0 Å². The molecule has 4 heteroatoms. The van der Waals surface area contributed by atoms with Crippen LogP contribution in [-0.4, -0.2) is 18.7 Å². The van der Waals surface area contributed by atoms with Crippen molar-refractivity contribution >= 4 is 11.6 Å². The van der Waals surface area contributed by atoms with Crippen LogP contribution >= 0.6 is 0 Å². The van der Waals surface area contributed by atoms with E-state index in [1.807, 2.05) is 0 Å². The molecule has 4 N–H and O–H groups in total. The van der Waals surface area contributed by atoms with Gasteiger partial charge in [0.1, 0.15) is 5.71 Å². The zero-order chi connectivity index (χ0) is 7.28. The van der Waals surface area contributed by atoms with Crippen molar-refractivity contribution < 1.29 is 4.79 Å². The summed E-state index contributed by atoms with van der Waals surface area (Å²) in [5.41, 5.74) is 10.0. The minimum Gasteiger partial charge on any atom is -0.405 e. The van der Waals surface area contributed by atoms with Gasteiger partial charge in [0.2, 0.25) is 0 Å². The van der Waals surface area contributed by atoms with Crippen LogP contribution in [0, 0.1) is 0 Å². The monoisotopic (exact) mass is 127 g/mol. The lowest BCUT2D eigenvalue weighted by molar-refractivity contribution is -0.111. The van der Waals surface area contributed by atoms with Crippen LogP contribution in [0.5, 0.6) is 0 Å². The fourth-order valence-corrected chi connectivity index (χ4v) is 0.358. The second-order valence-corrected chi connectivity index (χ2v) is 1.33. The van der Waals surface area contributed by atoms with Gasteiger partial charge >= 0.3 is 0 Å². The molecule has 0 fully saturated rings. The zero-order valence-corrected chi connectivity index (χ0v) is 5.16. The molecule has 0 atom stereocenters. The Bertz CT molecular complexity index is 160. The second kappa shape index (κ2) is 3.65. The van der Waals surface area contributed by atoms with Crippen LogP contribution in [0.1, 0.15) is 0 Å². The van der Waals surface area contributed by atoms with E-state index in [4.69, 9.17) is 11.5 Å². The van der Waals surface area contributed by atoms with E-state index < -0.39 is 5.91 Å². The number of amides is 1. The molecule has 4 nitrogen and oxygen atoms in total. The van der Waals surface area contributed by atoms with Gasteiger partial charge in [0.15, 0.2) is 0 Å². The molecule has 0 aromatic carbocycles.